The summed E-state index contributed by atoms with van der Waals surface area (Å²) in [6.45, 7) is 14.2. The lowest BCUT2D eigenvalue weighted by atomic mass is 9.96. The molecule has 2 heterocycles. The van der Waals surface area contributed by atoms with Crippen LogP contribution in [0.4, 0.5) is 4.79 Å². The van der Waals surface area contributed by atoms with Gasteiger partial charge in [0.15, 0.2) is 0 Å². The Labute approximate surface area is 146 Å². The third-order valence-corrected chi connectivity index (χ3v) is 4.51. The van der Waals surface area contributed by atoms with E-state index in [4.69, 9.17) is 0 Å². The van der Waals surface area contributed by atoms with E-state index in [1.807, 2.05) is 24.9 Å². The summed E-state index contributed by atoms with van der Waals surface area (Å²) in [6, 6.07) is 1.02. The Morgan fingerprint density at radius 2 is 1.83 bits per heavy atom. The summed E-state index contributed by atoms with van der Waals surface area (Å²) >= 11 is 0. The van der Waals surface area contributed by atoms with Crippen LogP contribution in [0.25, 0.3) is 0 Å². The molecule has 0 aliphatic carbocycles. The standard InChI is InChI=1S/C18H33N5O/c1-13(2)20-17(24)22-9-7-16(8-10-22)23-12-15(11-19-23)18(5,6)21-14(3)4/h11-14,16,21H,7-10H2,1-6H3,(H,20,24). The van der Waals surface area contributed by atoms with Crippen LogP contribution in [-0.4, -0.2) is 45.9 Å². The quantitative estimate of drug-likeness (QED) is 0.870. The van der Waals surface area contributed by atoms with E-state index in [1.165, 1.54) is 5.56 Å². The van der Waals surface area contributed by atoms with E-state index in [0.717, 1.165) is 25.9 Å². The molecule has 0 saturated carbocycles. The normalized spacial score (nSPS) is 16.9. The molecule has 2 N–H and O–H groups in total. The number of piperidine rings is 1. The van der Waals surface area contributed by atoms with Gasteiger partial charge in [-0.05, 0) is 40.5 Å². The number of rotatable bonds is 5. The van der Waals surface area contributed by atoms with E-state index >= 15 is 0 Å². The van der Waals surface area contributed by atoms with E-state index in [2.05, 4.69) is 54.3 Å². The van der Waals surface area contributed by atoms with Crippen molar-refractivity contribution >= 4 is 6.03 Å². The number of hydrogen-bond donors (Lipinski definition) is 2. The number of hydrogen-bond acceptors (Lipinski definition) is 3. The summed E-state index contributed by atoms with van der Waals surface area (Å²) in [4.78, 5) is 14.0. The molecule has 0 bridgehead atoms. The Hall–Kier alpha value is -1.56. The lowest BCUT2D eigenvalue weighted by Crippen LogP contribution is -2.46. The summed E-state index contributed by atoms with van der Waals surface area (Å²) in [6.07, 6.45) is 6.02. The summed E-state index contributed by atoms with van der Waals surface area (Å²) in [7, 11) is 0. The summed E-state index contributed by atoms with van der Waals surface area (Å²) < 4.78 is 2.08. The molecule has 24 heavy (non-hydrogen) atoms. The predicted octanol–water partition coefficient (Wildman–Crippen LogP) is 2.87. The first-order valence-corrected chi connectivity index (χ1v) is 9.07. The van der Waals surface area contributed by atoms with Crippen molar-refractivity contribution in [1.29, 1.82) is 0 Å². The highest BCUT2D eigenvalue weighted by Gasteiger charge is 2.27. The van der Waals surface area contributed by atoms with Crippen LogP contribution in [0.3, 0.4) is 0 Å². The average molecular weight is 335 g/mol. The van der Waals surface area contributed by atoms with Gasteiger partial charge in [0.25, 0.3) is 0 Å². The molecule has 1 aromatic rings. The second-order valence-electron chi connectivity index (χ2n) is 7.96. The maximum absolute atomic E-state index is 12.1. The first-order valence-electron chi connectivity index (χ1n) is 9.07. The van der Waals surface area contributed by atoms with Crippen LogP contribution in [0.5, 0.6) is 0 Å². The molecule has 2 rings (SSSR count). The van der Waals surface area contributed by atoms with E-state index in [1.54, 1.807) is 0 Å². The number of nitrogens with one attached hydrogen (secondary N) is 2. The van der Waals surface area contributed by atoms with Crippen molar-refractivity contribution in [3.05, 3.63) is 18.0 Å². The third-order valence-electron chi connectivity index (χ3n) is 4.51. The number of likely N-dealkylation sites (tertiary alicyclic amines) is 1. The number of amides is 2. The van der Waals surface area contributed by atoms with Gasteiger partial charge in [-0.3, -0.25) is 4.68 Å². The molecule has 0 aromatic carbocycles. The lowest BCUT2D eigenvalue weighted by molar-refractivity contribution is 0.166. The van der Waals surface area contributed by atoms with Gasteiger partial charge in [-0.1, -0.05) is 13.8 Å². The summed E-state index contributed by atoms with van der Waals surface area (Å²) in [5.74, 6) is 0. The van der Waals surface area contributed by atoms with Crippen molar-refractivity contribution in [2.45, 2.75) is 78.0 Å². The second-order valence-corrected chi connectivity index (χ2v) is 7.96. The van der Waals surface area contributed by atoms with Crippen molar-refractivity contribution in [2.75, 3.05) is 13.1 Å². The zero-order valence-corrected chi connectivity index (χ0v) is 16.0. The summed E-state index contributed by atoms with van der Waals surface area (Å²) in [5, 5.41) is 11.1. The van der Waals surface area contributed by atoms with Crippen molar-refractivity contribution in [1.82, 2.24) is 25.3 Å². The van der Waals surface area contributed by atoms with Gasteiger partial charge >= 0.3 is 6.03 Å². The maximum atomic E-state index is 12.1. The van der Waals surface area contributed by atoms with Crippen molar-refractivity contribution < 1.29 is 4.79 Å². The van der Waals surface area contributed by atoms with Gasteiger partial charge in [0, 0.05) is 42.5 Å². The van der Waals surface area contributed by atoms with Crippen LogP contribution in [-0.2, 0) is 5.54 Å². The van der Waals surface area contributed by atoms with Crippen LogP contribution in [0.1, 0.15) is 66.0 Å². The number of carbonyl (C=O) groups excluding carboxylic acids is 1. The van der Waals surface area contributed by atoms with Crippen molar-refractivity contribution in [2.24, 2.45) is 0 Å². The van der Waals surface area contributed by atoms with Crippen LogP contribution in [0, 0.1) is 0 Å². The van der Waals surface area contributed by atoms with Gasteiger partial charge in [-0.2, -0.15) is 5.10 Å². The second kappa shape index (κ2) is 7.55. The van der Waals surface area contributed by atoms with E-state index in [0.29, 0.717) is 12.1 Å². The molecule has 2 amide bonds. The molecule has 1 aliphatic heterocycles. The zero-order chi connectivity index (χ0) is 17.9. The molecule has 0 atom stereocenters. The van der Waals surface area contributed by atoms with Gasteiger partial charge in [-0.25, -0.2) is 4.79 Å². The smallest absolute Gasteiger partial charge is 0.317 e. The number of aromatic nitrogens is 2. The number of carbonyl (C=O) groups is 1. The van der Waals surface area contributed by atoms with Gasteiger partial charge in [0.1, 0.15) is 0 Å². The molecule has 1 aromatic heterocycles. The minimum atomic E-state index is -0.0930. The zero-order valence-electron chi connectivity index (χ0n) is 16.0. The number of nitrogens with zero attached hydrogens (tertiary/aromatic N) is 3. The highest BCUT2D eigenvalue weighted by molar-refractivity contribution is 5.74. The van der Waals surface area contributed by atoms with Crippen LogP contribution in [0.15, 0.2) is 12.4 Å². The Morgan fingerprint density at radius 1 is 1.21 bits per heavy atom. The van der Waals surface area contributed by atoms with E-state index < -0.39 is 0 Å². The first kappa shape index (κ1) is 18.8. The number of urea groups is 1. The molecule has 1 fully saturated rings. The predicted molar refractivity (Wildman–Crippen MR) is 97.0 cm³/mol. The van der Waals surface area contributed by atoms with Gasteiger partial charge < -0.3 is 15.5 Å². The maximum Gasteiger partial charge on any atom is 0.317 e. The Bertz CT molecular complexity index is 541. The highest BCUT2D eigenvalue weighted by Crippen LogP contribution is 2.26. The fourth-order valence-electron chi connectivity index (χ4n) is 3.34. The molecule has 0 spiro atoms. The van der Waals surface area contributed by atoms with Gasteiger partial charge in [0.05, 0.1) is 12.2 Å². The molecule has 0 radical (unpaired) electrons. The molecule has 6 heteroatoms. The first-order chi connectivity index (χ1) is 11.2. The molecule has 0 unspecified atom stereocenters. The summed E-state index contributed by atoms with van der Waals surface area (Å²) in [5.41, 5.74) is 1.11. The SMILES string of the molecule is CC(C)NC(=O)N1CCC(n2cc(C(C)(C)NC(C)C)cn2)CC1. The third kappa shape index (κ3) is 4.72. The molecule has 136 valence electrons. The van der Waals surface area contributed by atoms with Crippen LogP contribution < -0.4 is 10.6 Å². The Kier molecular flexibility index (Phi) is 5.91. The van der Waals surface area contributed by atoms with E-state index in [-0.39, 0.29) is 17.6 Å². The minimum absolute atomic E-state index is 0.0480. The average Bonchev–Trinajstić information content (AvgIpc) is 2.96. The topological polar surface area (TPSA) is 62.2 Å². The Morgan fingerprint density at radius 3 is 2.38 bits per heavy atom. The Balaban J connectivity index is 1.94. The monoisotopic (exact) mass is 335 g/mol. The van der Waals surface area contributed by atoms with Crippen molar-refractivity contribution in [3.8, 4) is 0 Å². The molecule has 6 nitrogen and oxygen atoms in total. The lowest BCUT2D eigenvalue weighted by Gasteiger charge is -2.32. The van der Waals surface area contributed by atoms with Gasteiger partial charge in [-0.15, -0.1) is 0 Å². The molecule has 1 aliphatic rings. The van der Waals surface area contributed by atoms with Gasteiger partial charge in [0.2, 0.25) is 0 Å². The van der Waals surface area contributed by atoms with Crippen LogP contribution >= 0.6 is 0 Å². The molecule has 1 saturated heterocycles. The molecular weight excluding hydrogens is 302 g/mol. The fourth-order valence-corrected chi connectivity index (χ4v) is 3.34. The minimum Gasteiger partial charge on any atom is -0.336 e. The fraction of sp³-hybridized carbons (Fsp3) is 0.778. The van der Waals surface area contributed by atoms with E-state index in [9.17, 15) is 4.79 Å². The largest absolute Gasteiger partial charge is 0.336 e. The van der Waals surface area contributed by atoms with Crippen LogP contribution in [0.2, 0.25) is 0 Å². The van der Waals surface area contributed by atoms with Crippen molar-refractivity contribution in [3.63, 3.8) is 0 Å². The highest BCUT2D eigenvalue weighted by atomic mass is 16.2. The molecular formula is C18H33N5O.